The number of thioether (sulfide) groups is 1. The molecule has 0 saturated carbocycles. The lowest BCUT2D eigenvalue weighted by Gasteiger charge is -2.14. The maximum absolute atomic E-state index is 12.8. The average molecular weight is 497 g/mol. The van der Waals surface area contributed by atoms with Crippen molar-refractivity contribution in [2.75, 3.05) is 5.32 Å². The summed E-state index contributed by atoms with van der Waals surface area (Å²) < 4.78 is 0. The van der Waals surface area contributed by atoms with Crippen LogP contribution in [0.15, 0.2) is 71.8 Å². The van der Waals surface area contributed by atoms with Gasteiger partial charge in [0.05, 0.1) is 27.6 Å². The maximum atomic E-state index is 12.8. The molecular formula is C28H24N4O3S. The van der Waals surface area contributed by atoms with Crippen molar-refractivity contribution in [1.82, 2.24) is 9.97 Å². The van der Waals surface area contributed by atoms with Gasteiger partial charge in [-0.2, -0.15) is 5.26 Å². The first-order valence-corrected chi connectivity index (χ1v) is 12.3. The standard InChI is InChI=1S/C28H24N4O3S/c1-16(2)23-13-10-19(15-29)27(32-23)36-17(3)26(33)30-20-11-8-18(9-12-20)25-14-22(28(34)35)21-6-4-5-7-24(21)31-25/h4-14,16-17H,1-3H3,(H,30,33)(H,34,35). The molecule has 2 aromatic heterocycles. The van der Waals surface area contributed by atoms with Crippen LogP contribution in [-0.2, 0) is 4.79 Å². The van der Waals surface area contributed by atoms with Crippen molar-refractivity contribution in [1.29, 1.82) is 5.26 Å². The maximum Gasteiger partial charge on any atom is 0.336 e. The Morgan fingerprint density at radius 2 is 1.72 bits per heavy atom. The number of aromatic carboxylic acids is 1. The topological polar surface area (TPSA) is 116 Å². The van der Waals surface area contributed by atoms with Crippen LogP contribution in [0.4, 0.5) is 5.69 Å². The van der Waals surface area contributed by atoms with E-state index in [9.17, 15) is 20.0 Å². The van der Waals surface area contributed by atoms with Gasteiger partial charge in [0.25, 0.3) is 0 Å². The first-order chi connectivity index (χ1) is 17.3. The molecule has 0 spiro atoms. The molecule has 4 rings (SSSR count). The Labute approximate surface area is 213 Å². The van der Waals surface area contributed by atoms with Gasteiger partial charge in [-0.1, -0.05) is 55.9 Å². The van der Waals surface area contributed by atoms with Crippen LogP contribution in [0, 0.1) is 11.3 Å². The Hall–Kier alpha value is -4.22. The number of anilines is 1. The summed E-state index contributed by atoms with van der Waals surface area (Å²) in [7, 11) is 0. The van der Waals surface area contributed by atoms with Crippen molar-refractivity contribution in [3.05, 3.63) is 83.6 Å². The van der Waals surface area contributed by atoms with E-state index in [0.717, 1.165) is 11.3 Å². The molecule has 36 heavy (non-hydrogen) atoms. The number of carboxylic acids is 1. The lowest BCUT2D eigenvalue weighted by Crippen LogP contribution is -2.22. The Bertz CT molecular complexity index is 1490. The molecular weight excluding hydrogens is 472 g/mol. The van der Waals surface area contributed by atoms with Crippen molar-refractivity contribution < 1.29 is 14.7 Å². The number of carbonyl (C=O) groups is 2. The quantitative estimate of drug-likeness (QED) is 0.297. The number of aromatic nitrogens is 2. The molecule has 0 fully saturated rings. The van der Waals surface area contributed by atoms with E-state index < -0.39 is 11.2 Å². The molecule has 0 radical (unpaired) electrons. The molecule has 1 amide bonds. The predicted octanol–water partition coefficient (Wildman–Crippen LogP) is 6.11. The van der Waals surface area contributed by atoms with E-state index in [2.05, 4.69) is 21.4 Å². The number of para-hydroxylation sites is 1. The normalized spacial score (nSPS) is 11.8. The van der Waals surface area contributed by atoms with Crippen LogP contribution < -0.4 is 5.32 Å². The van der Waals surface area contributed by atoms with Crippen molar-refractivity contribution >= 4 is 40.2 Å². The van der Waals surface area contributed by atoms with Crippen LogP contribution in [0.5, 0.6) is 0 Å². The third kappa shape index (κ3) is 5.37. The van der Waals surface area contributed by atoms with Crippen LogP contribution in [0.3, 0.4) is 0 Å². The predicted molar refractivity (Wildman–Crippen MR) is 141 cm³/mol. The van der Waals surface area contributed by atoms with Gasteiger partial charge in [0.15, 0.2) is 0 Å². The van der Waals surface area contributed by atoms with E-state index in [1.165, 1.54) is 11.8 Å². The number of nitriles is 1. The van der Waals surface area contributed by atoms with Crippen LogP contribution in [-0.4, -0.2) is 32.2 Å². The van der Waals surface area contributed by atoms with E-state index in [4.69, 9.17) is 0 Å². The van der Waals surface area contributed by atoms with Gasteiger partial charge in [0.2, 0.25) is 5.91 Å². The molecule has 0 aliphatic carbocycles. The van der Waals surface area contributed by atoms with E-state index in [0.29, 0.717) is 32.9 Å². The molecule has 1 atom stereocenters. The van der Waals surface area contributed by atoms with Gasteiger partial charge in [-0.25, -0.2) is 14.8 Å². The third-order valence-corrected chi connectivity index (χ3v) is 6.75. The number of benzene rings is 2. The first-order valence-electron chi connectivity index (χ1n) is 11.4. The minimum atomic E-state index is -1.02. The number of nitrogens with zero attached hydrogens (tertiary/aromatic N) is 3. The molecule has 2 aromatic carbocycles. The summed E-state index contributed by atoms with van der Waals surface area (Å²) in [6.45, 7) is 5.82. The minimum Gasteiger partial charge on any atom is -0.478 e. The summed E-state index contributed by atoms with van der Waals surface area (Å²) in [6, 6.07) is 21.5. The molecule has 1 unspecified atom stereocenters. The van der Waals surface area contributed by atoms with Crippen LogP contribution in [0.1, 0.15) is 48.3 Å². The van der Waals surface area contributed by atoms with E-state index >= 15 is 0 Å². The van der Waals surface area contributed by atoms with Gasteiger partial charge >= 0.3 is 5.97 Å². The van der Waals surface area contributed by atoms with E-state index in [-0.39, 0.29) is 17.4 Å². The second kappa shape index (κ2) is 10.6. The van der Waals surface area contributed by atoms with Gasteiger partial charge in [-0.05, 0) is 49.2 Å². The zero-order valence-electron chi connectivity index (χ0n) is 20.0. The summed E-state index contributed by atoms with van der Waals surface area (Å²) in [5.41, 5.74) is 3.96. The fourth-order valence-corrected chi connectivity index (χ4v) is 4.54. The largest absolute Gasteiger partial charge is 0.478 e. The zero-order valence-corrected chi connectivity index (χ0v) is 20.8. The van der Waals surface area contributed by atoms with Crippen LogP contribution in [0.2, 0.25) is 0 Å². The summed E-state index contributed by atoms with van der Waals surface area (Å²) in [5, 5.41) is 22.6. The molecule has 7 nitrogen and oxygen atoms in total. The summed E-state index contributed by atoms with van der Waals surface area (Å²) in [4.78, 5) is 33.8. The van der Waals surface area contributed by atoms with Crippen molar-refractivity contribution in [2.24, 2.45) is 0 Å². The van der Waals surface area contributed by atoms with Crippen LogP contribution in [0.25, 0.3) is 22.2 Å². The fourth-order valence-electron chi connectivity index (χ4n) is 3.64. The number of rotatable bonds is 7. The molecule has 0 aliphatic rings. The Balaban J connectivity index is 1.51. The van der Waals surface area contributed by atoms with Crippen molar-refractivity contribution in [2.45, 2.75) is 37.0 Å². The molecule has 2 heterocycles. The molecule has 0 saturated heterocycles. The number of hydrogen-bond acceptors (Lipinski definition) is 6. The van der Waals surface area contributed by atoms with Crippen LogP contribution >= 0.6 is 11.8 Å². The van der Waals surface area contributed by atoms with Gasteiger partial charge in [0, 0.05) is 22.3 Å². The number of hydrogen-bond donors (Lipinski definition) is 2. The number of carboxylic acid groups (broad SMARTS) is 1. The van der Waals surface area contributed by atoms with Gasteiger partial charge in [0.1, 0.15) is 11.1 Å². The second-order valence-corrected chi connectivity index (χ2v) is 9.89. The minimum absolute atomic E-state index is 0.186. The lowest BCUT2D eigenvalue weighted by atomic mass is 10.0. The molecule has 8 heteroatoms. The Morgan fingerprint density at radius 1 is 1.00 bits per heavy atom. The molecule has 0 aliphatic heterocycles. The highest BCUT2D eigenvalue weighted by Gasteiger charge is 2.19. The number of fused-ring (bicyclic) bond motifs is 1. The molecule has 2 N–H and O–H groups in total. The average Bonchev–Trinajstić information content (AvgIpc) is 2.88. The van der Waals surface area contributed by atoms with E-state index in [1.807, 2.05) is 26.0 Å². The third-order valence-electron chi connectivity index (χ3n) is 5.65. The highest BCUT2D eigenvalue weighted by Crippen LogP contribution is 2.29. The second-order valence-electron chi connectivity index (χ2n) is 8.56. The number of carbonyl (C=O) groups excluding carboxylic acids is 1. The fraction of sp³-hybridized carbons (Fsp3) is 0.179. The molecule has 0 bridgehead atoms. The van der Waals surface area contributed by atoms with Crippen molar-refractivity contribution in [3.8, 4) is 17.3 Å². The summed E-state index contributed by atoms with van der Waals surface area (Å²) >= 11 is 1.25. The SMILES string of the molecule is CC(Sc1nc(C(C)C)ccc1C#N)C(=O)Nc1ccc(-c2cc(C(=O)O)c3ccccc3n2)cc1. The lowest BCUT2D eigenvalue weighted by molar-refractivity contribution is -0.115. The summed E-state index contributed by atoms with van der Waals surface area (Å²) in [5.74, 6) is -1.02. The van der Waals surface area contributed by atoms with Gasteiger partial charge in [-0.3, -0.25) is 4.79 Å². The highest BCUT2D eigenvalue weighted by atomic mass is 32.2. The molecule has 4 aromatic rings. The van der Waals surface area contributed by atoms with E-state index in [1.54, 1.807) is 61.5 Å². The summed E-state index contributed by atoms with van der Waals surface area (Å²) in [6.07, 6.45) is 0. The number of pyridine rings is 2. The van der Waals surface area contributed by atoms with Crippen molar-refractivity contribution in [3.63, 3.8) is 0 Å². The van der Waals surface area contributed by atoms with Gasteiger partial charge < -0.3 is 10.4 Å². The molecule has 180 valence electrons. The Kier molecular flexibility index (Phi) is 7.32. The smallest absolute Gasteiger partial charge is 0.336 e. The number of amides is 1. The highest BCUT2D eigenvalue weighted by molar-refractivity contribution is 8.00. The Morgan fingerprint density at radius 3 is 2.39 bits per heavy atom. The van der Waals surface area contributed by atoms with Gasteiger partial charge in [-0.15, -0.1) is 0 Å². The monoisotopic (exact) mass is 496 g/mol. The number of nitrogens with one attached hydrogen (secondary N) is 1. The zero-order chi connectivity index (χ0) is 25.8. The first kappa shape index (κ1) is 24.9.